The molecule has 0 amide bonds. The van der Waals surface area contributed by atoms with Crippen LogP contribution in [0.3, 0.4) is 0 Å². The third-order valence-corrected chi connectivity index (χ3v) is 5.79. The Morgan fingerprint density at radius 2 is 2.00 bits per heavy atom. The van der Waals surface area contributed by atoms with E-state index in [1.807, 2.05) is 12.1 Å². The SMILES string of the molecule is CCN1CCN(c2ccc(CNC(=NC)NCC3(C)CCCO3)cc2F)CC1.I. The number of anilines is 1. The Morgan fingerprint density at radius 1 is 1.24 bits per heavy atom. The summed E-state index contributed by atoms with van der Waals surface area (Å²) in [7, 11) is 1.74. The van der Waals surface area contributed by atoms with Gasteiger partial charge in [-0.25, -0.2) is 4.39 Å². The molecule has 6 nitrogen and oxygen atoms in total. The molecule has 164 valence electrons. The molecule has 1 unspecified atom stereocenters. The predicted molar refractivity (Wildman–Crippen MR) is 128 cm³/mol. The first-order chi connectivity index (χ1) is 13.5. The van der Waals surface area contributed by atoms with Crippen LogP contribution >= 0.6 is 24.0 Å². The van der Waals surface area contributed by atoms with E-state index in [1.165, 1.54) is 0 Å². The molecular weight excluding hydrogens is 484 g/mol. The zero-order chi connectivity index (χ0) is 20.0. The molecular formula is C21H35FIN5O. The fourth-order valence-corrected chi connectivity index (χ4v) is 3.88. The minimum absolute atomic E-state index is 0. The number of guanidine groups is 1. The Bertz CT molecular complexity index is 673. The average molecular weight is 519 g/mol. The van der Waals surface area contributed by atoms with Gasteiger partial charge in [0.1, 0.15) is 5.82 Å². The van der Waals surface area contributed by atoms with Crippen LogP contribution in [-0.4, -0.2) is 69.4 Å². The fraction of sp³-hybridized carbons (Fsp3) is 0.667. The van der Waals surface area contributed by atoms with Crippen LogP contribution in [0.15, 0.2) is 23.2 Å². The quantitative estimate of drug-likeness (QED) is 0.344. The molecule has 1 aromatic rings. The van der Waals surface area contributed by atoms with Crippen molar-refractivity contribution in [3.05, 3.63) is 29.6 Å². The molecule has 0 aromatic heterocycles. The molecule has 1 aromatic carbocycles. The van der Waals surface area contributed by atoms with Crippen LogP contribution < -0.4 is 15.5 Å². The van der Waals surface area contributed by atoms with Crippen molar-refractivity contribution in [2.75, 3.05) is 57.8 Å². The van der Waals surface area contributed by atoms with Gasteiger partial charge in [0.25, 0.3) is 0 Å². The van der Waals surface area contributed by atoms with Crippen LogP contribution in [0, 0.1) is 5.82 Å². The summed E-state index contributed by atoms with van der Waals surface area (Å²) in [5, 5.41) is 6.58. The van der Waals surface area contributed by atoms with Crippen LogP contribution in [0.1, 0.15) is 32.3 Å². The minimum atomic E-state index is -0.154. The van der Waals surface area contributed by atoms with E-state index in [4.69, 9.17) is 4.74 Å². The number of likely N-dealkylation sites (N-methyl/N-ethyl adjacent to an activating group) is 1. The molecule has 8 heteroatoms. The summed E-state index contributed by atoms with van der Waals surface area (Å²) < 4.78 is 20.5. The van der Waals surface area contributed by atoms with E-state index in [1.54, 1.807) is 13.1 Å². The number of rotatable bonds is 6. The number of nitrogens with one attached hydrogen (secondary N) is 2. The van der Waals surface area contributed by atoms with Crippen LogP contribution in [0.5, 0.6) is 0 Å². The number of hydrogen-bond donors (Lipinski definition) is 2. The zero-order valence-electron chi connectivity index (χ0n) is 17.8. The lowest BCUT2D eigenvalue weighted by Crippen LogP contribution is -2.46. The van der Waals surface area contributed by atoms with Gasteiger partial charge in [-0.2, -0.15) is 0 Å². The summed E-state index contributed by atoms with van der Waals surface area (Å²) in [6.07, 6.45) is 2.15. The minimum Gasteiger partial charge on any atom is -0.373 e. The maximum atomic E-state index is 14.7. The first kappa shape index (κ1) is 24.1. The normalized spacial score (nSPS) is 23.0. The van der Waals surface area contributed by atoms with Crippen molar-refractivity contribution in [2.24, 2.45) is 4.99 Å². The largest absolute Gasteiger partial charge is 0.373 e. The summed E-state index contributed by atoms with van der Waals surface area (Å²) in [6, 6.07) is 5.52. The van der Waals surface area contributed by atoms with E-state index in [0.717, 1.165) is 57.7 Å². The van der Waals surface area contributed by atoms with Crippen LogP contribution in [0.2, 0.25) is 0 Å². The number of nitrogens with zero attached hydrogens (tertiary/aromatic N) is 3. The fourth-order valence-electron chi connectivity index (χ4n) is 3.88. The van der Waals surface area contributed by atoms with Crippen molar-refractivity contribution in [3.8, 4) is 0 Å². The summed E-state index contributed by atoms with van der Waals surface area (Å²) in [4.78, 5) is 8.79. The van der Waals surface area contributed by atoms with Gasteiger partial charge in [-0.05, 0) is 44.0 Å². The van der Waals surface area contributed by atoms with Crippen LogP contribution in [-0.2, 0) is 11.3 Å². The molecule has 2 saturated heterocycles. The molecule has 2 heterocycles. The molecule has 1 atom stereocenters. The smallest absolute Gasteiger partial charge is 0.191 e. The Balaban J connectivity index is 0.00000300. The highest BCUT2D eigenvalue weighted by Crippen LogP contribution is 2.24. The van der Waals surface area contributed by atoms with Gasteiger partial charge in [-0.15, -0.1) is 24.0 Å². The standard InChI is InChI=1S/C21H34FN5O.HI/c1-4-26-9-11-27(12-10-26)19-7-6-17(14-18(19)22)15-24-20(23-3)25-16-21(2)8-5-13-28-21;/h6-7,14H,4-5,8-13,15-16H2,1-3H3,(H2,23,24,25);1H. The number of piperazine rings is 1. The number of aliphatic imine (C=N–C) groups is 1. The van der Waals surface area contributed by atoms with Crippen LogP contribution in [0.4, 0.5) is 10.1 Å². The van der Waals surface area contributed by atoms with Gasteiger partial charge in [0.05, 0.1) is 11.3 Å². The molecule has 2 aliphatic heterocycles. The van der Waals surface area contributed by atoms with Crippen molar-refractivity contribution in [1.82, 2.24) is 15.5 Å². The Labute approximate surface area is 191 Å². The highest BCUT2D eigenvalue weighted by molar-refractivity contribution is 14.0. The molecule has 0 radical (unpaired) electrons. The van der Waals surface area contributed by atoms with Gasteiger partial charge in [0, 0.05) is 52.9 Å². The Kier molecular flexibility index (Phi) is 9.42. The Hall–Kier alpha value is -1.13. The summed E-state index contributed by atoms with van der Waals surface area (Å²) in [6.45, 7) is 11.1. The maximum absolute atomic E-state index is 14.7. The first-order valence-corrected chi connectivity index (χ1v) is 10.4. The molecule has 2 N–H and O–H groups in total. The second kappa shape index (κ2) is 11.3. The summed E-state index contributed by atoms with van der Waals surface area (Å²) in [5.74, 6) is 0.552. The first-order valence-electron chi connectivity index (χ1n) is 10.4. The second-order valence-corrected chi connectivity index (χ2v) is 7.89. The van der Waals surface area contributed by atoms with Crippen LogP contribution in [0.25, 0.3) is 0 Å². The number of hydrogen-bond acceptors (Lipinski definition) is 4. The van der Waals surface area contributed by atoms with E-state index < -0.39 is 0 Å². The zero-order valence-corrected chi connectivity index (χ0v) is 20.2. The lowest BCUT2D eigenvalue weighted by molar-refractivity contribution is 0.0243. The molecule has 0 aliphatic carbocycles. The lowest BCUT2D eigenvalue weighted by atomic mass is 10.0. The van der Waals surface area contributed by atoms with Gasteiger partial charge in [-0.1, -0.05) is 13.0 Å². The highest BCUT2D eigenvalue weighted by Gasteiger charge is 2.29. The molecule has 29 heavy (non-hydrogen) atoms. The van der Waals surface area contributed by atoms with Crippen molar-refractivity contribution in [2.45, 2.75) is 38.8 Å². The molecule has 0 spiro atoms. The number of halogens is 2. The van der Waals surface area contributed by atoms with E-state index in [9.17, 15) is 4.39 Å². The molecule has 2 fully saturated rings. The van der Waals surface area contributed by atoms with E-state index in [2.05, 4.69) is 39.3 Å². The van der Waals surface area contributed by atoms with Crippen molar-refractivity contribution >= 4 is 35.6 Å². The Morgan fingerprint density at radius 3 is 2.59 bits per heavy atom. The van der Waals surface area contributed by atoms with Gasteiger partial charge in [0.2, 0.25) is 0 Å². The van der Waals surface area contributed by atoms with Crippen molar-refractivity contribution in [1.29, 1.82) is 0 Å². The lowest BCUT2D eigenvalue weighted by Gasteiger charge is -2.35. The summed E-state index contributed by atoms with van der Waals surface area (Å²) in [5.41, 5.74) is 1.47. The number of benzene rings is 1. The summed E-state index contributed by atoms with van der Waals surface area (Å²) >= 11 is 0. The van der Waals surface area contributed by atoms with Gasteiger partial charge >= 0.3 is 0 Å². The molecule has 0 saturated carbocycles. The predicted octanol–water partition coefficient (Wildman–Crippen LogP) is 2.82. The van der Waals surface area contributed by atoms with E-state index in [0.29, 0.717) is 24.7 Å². The second-order valence-electron chi connectivity index (χ2n) is 7.89. The average Bonchev–Trinajstić information content (AvgIpc) is 3.15. The number of ether oxygens (including phenoxy) is 1. The van der Waals surface area contributed by atoms with E-state index >= 15 is 0 Å². The third-order valence-electron chi connectivity index (χ3n) is 5.79. The van der Waals surface area contributed by atoms with E-state index in [-0.39, 0.29) is 35.4 Å². The van der Waals surface area contributed by atoms with Crippen molar-refractivity contribution in [3.63, 3.8) is 0 Å². The molecule has 2 aliphatic rings. The molecule has 3 rings (SSSR count). The molecule has 0 bridgehead atoms. The van der Waals surface area contributed by atoms with Gasteiger partial charge < -0.3 is 25.2 Å². The van der Waals surface area contributed by atoms with Gasteiger partial charge in [-0.3, -0.25) is 4.99 Å². The maximum Gasteiger partial charge on any atom is 0.191 e. The topological polar surface area (TPSA) is 52.1 Å². The van der Waals surface area contributed by atoms with Crippen molar-refractivity contribution < 1.29 is 9.13 Å². The highest BCUT2D eigenvalue weighted by atomic mass is 127. The van der Waals surface area contributed by atoms with Gasteiger partial charge in [0.15, 0.2) is 5.96 Å². The third kappa shape index (κ3) is 6.68. The monoisotopic (exact) mass is 519 g/mol.